The van der Waals surface area contributed by atoms with Gasteiger partial charge in [0, 0.05) is 11.3 Å². The number of nitrogens with zero attached hydrogens (tertiary/aromatic N) is 1. The normalized spacial score (nSPS) is 10.7. The van der Waals surface area contributed by atoms with Crippen LogP contribution >= 0.6 is 0 Å². The Labute approximate surface area is 179 Å². The summed E-state index contributed by atoms with van der Waals surface area (Å²) in [7, 11) is 3.16. The van der Waals surface area contributed by atoms with Crippen LogP contribution in [0.5, 0.6) is 17.2 Å². The largest absolute Gasteiger partial charge is 0.493 e. The highest BCUT2D eigenvalue weighted by molar-refractivity contribution is 5.94. The van der Waals surface area contributed by atoms with Gasteiger partial charge >= 0.3 is 0 Å². The Morgan fingerprint density at radius 3 is 2.61 bits per heavy atom. The van der Waals surface area contributed by atoms with E-state index < -0.39 is 0 Å². The lowest BCUT2D eigenvalue weighted by Gasteiger charge is -2.08. The summed E-state index contributed by atoms with van der Waals surface area (Å²) in [5.74, 6) is 2.05. The predicted octanol–water partition coefficient (Wildman–Crippen LogP) is 4.84. The molecule has 1 aromatic heterocycles. The Morgan fingerprint density at radius 1 is 1.00 bits per heavy atom. The summed E-state index contributed by atoms with van der Waals surface area (Å²) >= 11 is 0. The highest BCUT2D eigenvalue weighted by atomic mass is 16.5. The number of oxazole rings is 1. The Balaban J connectivity index is 1.48. The summed E-state index contributed by atoms with van der Waals surface area (Å²) < 4.78 is 22.0. The second kappa shape index (κ2) is 8.79. The summed E-state index contributed by atoms with van der Waals surface area (Å²) in [6.45, 7) is 1.88. The first kappa shape index (κ1) is 20.3. The number of carbonyl (C=O) groups is 1. The summed E-state index contributed by atoms with van der Waals surface area (Å²) in [5, 5.41) is 2.82. The van der Waals surface area contributed by atoms with E-state index in [2.05, 4.69) is 10.3 Å². The average Bonchev–Trinajstić information content (AvgIpc) is 3.20. The molecule has 0 aliphatic heterocycles. The first-order chi connectivity index (χ1) is 15.1. The van der Waals surface area contributed by atoms with Gasteiger partial charge in [-0.3, -0.25) is 4.79 Å². The van der Waals surface area contributed by atoms with Gasteiger partial charge in [-0.15, -0.1) is 0 Å². The van der Waals surface area contributed by atoms with E-state index in [4.69, 9.17) is 18.6 Å². The number of hydrogen-bond donors (Lipinski definition) is 1. The van der Waals surface area contributed by atoms with Gasteiger partial charge < -0.3 is 23.9 Å². The van der Waals surface area contributed by atoms with Crippen molar-refractivity contribution >= 4 is 22.7 Å². The number of benzene rings is 3. The molecular weight excluding hydrogens is 396 g/mol. The summed E-state index contributed by atoms with van der Waals surface area (Å²) in [4.78, 5) is 16.8. The molecule has 0 bridgehead atoms. The second-order valence-corrected chi connectivity index (χ2v) is 6.92. The number of aryl methyl sites for hydroxylation is 1. The van der Waals surface area contributed by atoms with E-state index in [9.17, 15) is 4.79 Å². The number of hydrogen-bond acceptors (Lipinski definition) is 6. The van der Waals surface area contributed by atoms with Crippen LogP contribution in [-0.2, 0) is 4.79 Å². The van der Waals surface area contributed by atoms with E-state index in [-0.39, 0.29) is 12.5 Å². The summed E-state index contributed by atoms with van der Waals surface area (Å²) in [6.07, 6.45) is 0. The lowest BCUT2D eigenvalue weighted by Crippen LogP contribution is -2.20. The van der Waals surface area contributed by atoms with Crippen molar-refractivity contribution < 1.29 is 23.4 Å². The highest BCUT2D eigenvalue weighted by Crippen LogP contribution is 2.33. The molecule has 1 heterocycles. The number of aromatic nitrogens is 1. The highest BCUT2D eigenvalue weighted by Gasteiger charge is 2.13. The molecular formula is C24H22N2O5. The third-order valence-electron chi connectivity index (χ3n) is 4.66. The molecule has 1 amide bonds. The van der Waals surface area contributed by atoms with Gasteiger partial charge in [-0.05, 0) is 61.0 Å². The molecule has 0 atom stereocenters. The number of methoxy groups -OCH3 is 2. The maximum Gasteiger partial charge on any atom is 0.262 e. The number of carbonyl (C=O) groups excluding carboxylic acids is 1. The molecule has 7 nitrogen and oxygen atoms in total. The monoisotopic (exact) mass is 418 g/mol. The minimum Gasteiger partial charge on any atom is -0.493 e. The second-order valence-electron chi connectivity index (χ2n) is 6.92. The molecule has 3 aromatic carbocycles. The SMILES string of the molecule is COc1ccc(-c2nc3cc(NC(=O)COc4cccc(C)c4)ccc3o2)cc1OC. The van der Waals surface area contributed by atoms with E-state index in [1.807, 2.05) is 37.3 Å². The minimum atomic E-state index is -0.260. The van der Waals surface area contributed by atoms with Gasteiger partial charge in [0.25, 0.3) is 5.91 Å². The first-order valence-corrected chi connectivity index (χ1v) is 9.68. The maximum absolute atomic E-state index is 12.3. The average molecular weight is 418 g/mol. The van der Waals surface area contributed by atoms with Gasteiger partial charge in [0.15, 0.2) is 23.7 Å². The summed E-state index contributed by atoms with van der Waals surface area (Å²) in [5.41, 5.74) is 3.67. The van der Waals surface area contributed by atoms with E-state index in [0.29, 0.717) is 39.9 Å². The van der Waals surface area contributed by atoms with Gasteiger partial charge in [0.2, 0.25) is 5.89 Å². The van der Waals surface area contributed by atoms with Crippen molar-refractivity contribution in [2.45, 2.75) is 6.92 Å². The lowest BCUT2D eigenvalue weighted by molar-refractivity contribution is -0.118. The third-order valence-corrected chi connectivity index (χ3v) is 4.66. The van der Waals surface area contributed by atoms with Gasteiger partial charge in [0.05, 0.1) is 14.2 Å². The number of amides is 1. The smallest absolute Gasteiger partial charge is 0.262 e. The fourth-order valence-corrected chi connectivity index (χ4v) is 3.15. The maximum atomic E-state index is 12.3. The fraction of sp³-hybridized carbons (Fsp3) is 0.167. The van der Waals surface area contributed by atoms with Crippen molar-refractivity contribution in [1.29, 1.82) is 0 Å². The Hall–Kier alpha value is -4.00. The van der Waals surface area contributed by atoms with Crippen LogP contribution in [0.4, 0.5) is 5.69 Å². The molecule has 0 unspecified atom stereocenters. The molecule has 0 fully saturated rings. The third kappa shape index (κ3) is 4.61. The molecule has 7 heteroatoms. The Morgan fingerprint density at radius 2 is 1.84 bits per heavy atom. The molecule has 158 valence electrons. The van der Waals surface area contributed by atoms with Crippen LogP contribution in [-0.4, -0.2) is 31.7 Å². The zero-order valence-corrected chi connectivity index (χ0v) is 17.5. The zero-order valence-electron chi connectivity index (χ0n) is 17.5. The molecule has 1 N–H and O–H groups in total. The zero-order chi connectivity index (χ0) is 21.8. The van der Waals surface area contributed by atoms with Gasteiger partial charge in [-0.25, -0.2) is 4.98 Å². The predicted molar refractivity (Wildman–Crippen MR) is 118 cm³/mol. The van der Waals surface area contributed by atoms with Crippen molar-refractivity contribution in [3.05, 3.63) is 66.2 Å². The van der Waals surface area contributed by atoms with Crippen LogP contribution in [0.25, 0.3) is 22.6 Å². The lowest BCUT2D eigenvalue weighted by atomic mass is 10.2. The number of nitrogens with one attached hydrogen (secondary N) is 1. The molecule has 0 radical (unpaired) electrons. The minimum absolute atomic E-state index is 0.0861. The molecule has 0 aliphatic carbocycles. The van der Waals surface area contributed by atoms with Gasteiger partial charge in [-0.2, -0.15) is 0 Å². The molecule has 4 aromatic rings. The van der Waals surface area contributed by atoms with Crippen LogP contribution in [0, 0.1) is 6.92 Å². The Kier molecular flexibility index (Phi) is 5.75. The van der Waals surface area contributed by atoms with Crippen molar-refractivity contribution in [1.82, 2.24) is 4.98 Å². The van der Waals surface area contributed by atoms with Gasteiger partial charge in [-0.1, -0.05) is 12.1 Å². The molecule has 0 spiro atoms. The number of rotatable bonds is 7. The van der Waals surface area contributed by atoms with Crippen LogP contribution in [0.1, 0.15) is 5.56 Å². The molecule has 0 saturated heterocycles. The fourth-order valence-electron chi connectivity index (χ4n) is 3.15. The summed E-state index contributed by atoms with van der Waals surface area (Å²) in [6, 6.07) is 18.3. The van der Waals surface area contributed by atoms with E-state index in [0.717, 1.165) is 11.1 Å². The van der Waals surface area contributed by atoms with Crippen LogP contribution < -0.4 is 19.5 Å². The quantitative estimate of drug-likeness (QED) is 0.463. The molecule has 4 rings (SSSR count). The van der Waals surface area contributed by atoms with E-state index in [1.54, 1.807) is 44.6 Å². The number of anilines is 1. The van der Waals surface area contributed by atoms with E-state index in [1.165, 1.54) is 0 Å². The molecule has 0 aliphatic rings. The van der Waals surface area contributed by atoms with E-state index >= 15 is 0 Å². The first-order valence-electron chi connectivity index (χ1n) is 9.68. The number of fused-ring (bicyclic) bond motifs is 1. The Bertz CT molecular complexity index is 1230. The molecule has 0 saturated carbocycles. The topological polar surface area (TPSA) is 82.8 Å². The van der Waals surface area contributed by atoms with Crippen molar-refractivity contribution in [3.8, 4) is 28.7 Å². The van der Waals surface area contributed by atoms with Crippen molar-refractivity contribution in [2.24, 2.45) is 0 Å². The molecule has 31 heavy (non-hydrogen) atoms. The van der Waals surface area contributed by atoms with Crippen molar-refractivity contribution in [2.75, 3.05) is 26.1 Å². The van der Waals surface area contributed by atoms with Crippen LogP contribution in [0.15, 0.2) is 65.1 Å². The van der Waals surface area contributed by atoms with Crippen LogP contribution in [0.3, 0.4) is 0 Å². The van der Waals surface area contributed by atoms with Crippen LogP contribution in [0.2, 0.25) is 0 Å². The standard InChI is InChI=1S/C24H22N2O5/c1-15-5-4-6-18(11-15)30-14-23(27)25-17-8-10-20-19(13-17)26-24(31-20)16-7-9-21(28-2)22(12-16)29-3/h4-13H,14H2,1-3H3,(H,25,27). The van der Waals surface area contributed by atoms with Crippen molar-refractivity contribution in [3.63, 3.8) is 0 Å². The van der Waals surface area contributed by atoms with Gasteiger partial charge in [0.1, 0.15) is 11.3 Å². The number of ether oxygens (including phenoxy) is 3.